The van der Waals surface area contributed by atoms with Crippen molar-refractivity contribution in [3.63, 3.8) is 0 Å². The number of fused-ring (bicyclic) bond motifs is 1. The smallest absolute Gasteiger partial charge is 0.323 e. The Morgan fingerprint density at radius 2 is 2.18 bits per heavy atom. The molecule has 92 valence electrons. The molecule has 3 N–H and O–H groups in total. The molecular formula is C13H18N2O2. The quantitative estimate of drug-likeness (QED) is 0.766. The molecule has 0 saturated heterocycles. The molecule has 0 aromatic heterocycles. The molecule has 0 saturated carbocycles. The van der Waals surface area contributed by atoms with Crippen LogP contribution in [-0.4, -0.2) is 23.7 Å². The van der Waals surface area contributed by atoms with Crippen molar-refractivity contribution in [3.8, 4) is 0 Å². The fourth-order valence-electron chi connectivity index (χ4n) is 2.51. The molecule has 0 radical (unpaired) electrons. The van der Waals surface area contributed by atoms with Crippen molar-refractivity contribution in [1.82, 2.24) is 0 Å². The van der Waals surface area contributed by atoms with Crippen molar-refractivity contribution in [3.05, 3.63) is 23.8 Å². The van der Waals surface area contributed by atoms with E-state index < -0.39 is 5.97 Å². The minimum absolute atomic E-state index is 0.0293. The van der Waals surface area contributed by atoms with Gasteiger partial charge in [-0.15, -0.1) is 0 Å². The summed E-state index contributed by atoms with van der Waals surface area (Å²) in [7, 11) is 0. The van der Waals surface area contributed by atoms with Crippen LogP contribution in [0.2, 0.25) is 0 Å². The van der Waals surface area contributed by atoms with E-state index >= 15 is 0 Å². The number of aliphatic carboxylic acids is 1. The number of rotatable bonds is 2. The first-order valence-corrected chi connectivity index (χ1v) is 5.72. The zero-order valence-electron chi connectivity index (χ0n) is 10.4. The van der Waals surface area contributed by atoms with Crippen LogP contribution < -0.4 is 10.6 Å². The van der Waals surface area contributed by atoms with Gasteiger partial charge in [0.2, 0.25) is 0 Å². The van der Waals surface area contributed by atoms with Crippen molar-refractivity contribution in [2.45, 2.75) is 32.2 Å². The first-order valence-electron chi connectivity index (χ1n) is 5.72. The van der Waals surface area contributed by atoms with Gasteiger partial charge in [0.05, 0.1) is 0 Å². The SMILES string of the molecule is CC1N(CC(=O)O)c2ccc(N)cc2C1(C)C. The summed E-state index contributed by atoms with van der Waals surface area (Å²) in [6.07, 6.45) is 0. The maximum atomic E-state index is 10.9. The Hall–Kier alpha value is -1.71. The zero-order chi connectivity index (χ0) is 12.8. The second-order valence-corrected chi connectivity index (χ2v) is 5.20. The van der Waals surface area contributed by atoms with Crippen LogP contribution in [0.25, 0.3) is 0 Å². The van der Waals surface area contributed by atoms with E-state index in [0.29, 0.717) is 0 Å². The number of benzene rings is 1. The van der Waals surface area contributed by atoms with E-state index in [-0.39, 0.29) is 18.0 Å². The zero-order valence-corrected chi connectivity index (χ0v) is 10.4. The summed E-state index contributed by atoms with van der Waals surface area (Å²) in [6, 6.07) is 5.84. The Morgan fingerprint density at radius 1 is 1.53 bits per heavy atom. The third kappa shape index (κ3) is 1.73. The molecule has 17 heavy (non-hydrogen) atoms. The van der Waals surface area contributed by atoms with E-state index in [1.165, 1.54) is 0 Å². The molecule has 1 aliphatic heterocycles. The molecule has 1 aromatic carbocycles. The number of anilines is 2. The van der Waals surface area contributed by atoms with Gasteiger partial charge in [0.15, 0.2) is 0 Å². The van der Waals surface area contributed by atoms with E-state index in [2.05, 4.69) is 20.8 Å². The minimum atomic E-state index is -0.808. The molecule has 0 fully saturated rings. The van der Waals surface area contributed by atoms with E-state index in [1.54, 1.807) is 0 Å². The van der Waals surface area contributed by atoms with Crippen LogP contribution in [0.15, 0.2) is 18.2 Å². The highest BCUT2D eigenvalue weighted by molar-refractivity contribution is 5.78. The van der Waals surface area contributed by atoms with E-state index in [9.17, 15) is 4.79 Å². The lowest BCUT2D eigenvalue weighted by atomic mass is 9.81. The van der Waals surface area contributed by atoms with Crippen molar-refractivity contribution in [2.24, 2.45) is 0 Å². The average Bonchev–Trinajstić information content (AvgIpc) is 2.40. The van der Waals surface area contributed by atoms with E-state index in [0.717, 1.165) is 16.9 Å². The van der Waals surface area contributed by atoms with Crippen molar-refractivity contribution < 1.29 is 9.90 Å². The molecule has 0 spiro atoms. The van der Waals surface area contributed by atoms with Gasteiger partial charge in [0.1, 0.15) is 6.54 Å². The maximum absolute atomic E-state index is 10.9. The Labute approximate surface area is 101 Å². The highest BCUT2D eigenvalue weighted by atomic mass is 16.4. The maximum Gasteiger partial charge on any atom is 0.323 e. The standard InChI is InChI=1S/C13H18N2O2/c1-8-13(2,3)10-6-9(14)4-5-11(10)15(8)7-12(16)17/h4-6,8H,7,14H2,1-3H3,(H,16,17). The molecule has 1 atom stereocenters. The Bertz CT molecular complexity index is 468. The van der Waals surface area contributed by atoms with Crippen LogP contribution in [0.3, 0.4) is 0 Å². The summed E-state index contributed by atoms with van der Waals surface area (Å²) in [4.78, 5) is 12.8. The van der Waals surface area contributed by atoms with Crippen LogP contribution in [0.1, 0.15) is 26.3 Å². The molecular weight excluding hydrogens is 216 g/mol. The van der Waals surface area contributed by atoms with E-state index in [1.807, 2.05) is 23.1 Å². The highest BCUT2D eigenvalue weighted by Crippen LogP contribution is 2.45. The summed E-state index contributed by atoms with van der Waals surface area (Å²) in [5.41, 5.74) is 8.57. The van der Waals surface area contributed by atoms with Crippen LogP contribution in [0, 0.1) is 0 Å². The summed E-state index contributed by atoms with van der Waals surface area (Å²) < 4.78 is 0. The lowest BCUT2D eigenvalue weighted by Crippen LogP contribution is -2.41. The second kappa shape index (κ2) is 3.65. The van der Waals surface area contributed by atoms with Crippen LogP contribution in [0.4, 0.5) is 11.4 Å². The minimum Gasteiger partial charge on any atom is -0.480 e. The number of nitrogens with two attached hydrogens (primary N) is 1. The number of carboxylic acids is 1. The van der Waals surface area contributed by atoms with Gasteiger partial charge in [-0.05, 0) is 30.7 Å². The monoisotopic (exact) mass is 234 g/mol. The number of carbonyl (C=O) groups is 1. The van der Waals surface area contributed by atoms with Crippen molar-refractivity contribution in [1.29, 1.82) is 0 Å². The van der Waals surface area contributed by atoms with Gasteiger partial charge in [-0.3, -0.25) is 4.79 Å². The summed E-state index contributed by atoms with van der Waals surface area (Å²) in [5.74, 6) is -0.808. The van der Waals surface area contributed by atoms with Gasteiger partial charge in [0.25, 0.3) is 0 Å². The van der Waals surface area contributed by atoms with Crippen LogP contribution >= 0.6 is 0 Å². The summed E-state index contributed by atoms with van der Waals surface area (Å²) in [5, 5.41) is 8.98. The number of carboxylic acid groups (broad SMARTS) is 1. The van der Waals surface area contributed by atoms with Gasteiger partial charge in [0, 0.05) is 22.8 Å². The Balaban J connectivity index is 2.51. The number of nitrogen functional groups attached to an aromatic ring is 1. The predicted octanol–water partition coefficient (Wildman–Crippen LogP) is 1.84. The summed E-state index contributed by atoms with van der Waals surface area (Å²) >= 11 is 0. The topological polar surface area (TPSA) is 66.6 Å². The fraction of sp³-hybridized carbons (Fsp3) is 0.462. The molecule has 1 aliphatic rings. The third-order valence-electron chi connectivity index (χ3n) is 3.84. The van der Waals surface area contributed by atoms with Gasteiger partial charge >= 0.3 is 5.97 Å². The van der Waals surface area contributed by atoms with Gasteiger partial charge < -0.3 is 15.7 Å². The molecule has 0 amide bonds. The highest BCUT2D eigenvalue weighted by Gasteiger charge is 2.42. The first-order chi connectivity index (χ1) is 7.84. The summed E-state index contributed by atoms with van der Waals surface area (Å²) in [6.45, 7) is 6.33. The molecule has 4 nitrogen and oxygen atoms in total. The average molecular weight is 234 g/mol. The Morgan fingerprint density at radius 3 is 2.76 bits per heavy atom. The molecule has 1 aromatic rings. The predicted molar refractivity (Wildman–Crippen MR) is 68.3 cm³/mol. The molecule has 0 bridgehead atoms. The molecule has 4 heteroatoms. The molecule has 1 heterocycles. The lowest BCUT2D eigenvalue weighted by Gasteiger charge is -2.30. The van der Waals surface area contributed by atoms with Gasteiger partial charge in [-0.25, -0.2) is 0 Å². The second-order valence-electron chi connectivity index (χ2n) is 5.20. The van der Waals surface area contributed by atoms with Gasteiger partial charge in [-0.1, -0.05) is 13.8 Å². The third-order valence-corrected chi connectivity index (χ3v) is 3.84. The Kier molecular flexibility index (Phi) is 2.53. The van der Waals surface area contributed by atoms with Crippen molar-refractivity contribution >= 4 is 17.3 Å². The number of nitrogens with zero attached hydrogens (tertiary/aromatic N) is 1. The van der Waals surface area contributed by atoms with Crippen LogP contribution in [0.5, 0.6) is 0 Å². The molecule has 2 rings (SSSR count). The number of hydrogen-bond acceptors (Lipinski definition) is 3. The fourth-order valence-corrected chi connectivity index (χ4v) is 2.51. The molecule has 0 aliphatic carbocycles. The van der Waals surface area contributed by atoms with Gasteiger partial charge in [-0.2, -0.15) is 0 Å². The van der Waals surface area contributed by atoms with E-state index in [4.69, 9.17) is 10.8 Å². The number of hydrogen-bond donors (Lipinski definition) is 2. The van der Waals surface area contributed by atoms with Crippen molar-refractivity contribution in [2.75, 3.05) is 17.2 Å². The lowest BCUT2D eigenvalue weighted by molar-refractivity contribution is -0.135. The normalized spacial score (nSPS) is 21.4. The first kappa shape index (κ1) is 11.8. The molecule has 1 unspecified atom stereocenters. The largest absolute Gasteiger partial charge is 0.480 e. The van der Waals surface area contributed by atoms with Crippen LogP contribution in [-0.2, 0) is 10.2 Å².